The second-order valence-corrected chi connectivity index (χ2v) is 21.0. The maximum absolute atomic E-state index is 7.38. The Labute approximate surface area is 432 Å². The van der Waals surface area contributed by atoms with Gasteiger partial charge in [-0.25, -0.2) is 0 Å². The fourth-order valence-corrected chi connectivity index (χ4v) is 13.0. The largest absolute Gasteiger partial charge is 0.455 e. The summed E-state index contributed by atoms with van der Waals surface area (Å²) in [4.78, 5) is 4.70. The first-order chi connectivity index (χ1) is 36.1. The lowest BCUT2D eigenvalue weighted by Crippen LogP contribution is -2.17. The van der Waals surface area contributed by atoms with Crippen LogP contribution in [0.25, 0.3) is 87.6 Å². The average molecular weight is 951 g/mol. The highest BCUT2D eigenvalue weighted by Gasteiger charge is 2.39. The van der Waals surface area contributed by atoms with Gasteiger partial charge in [-0.2, -0.15) is 0 Å². The van der Waals surface area contributed by atoms with Crippen molar-refractivity contribution in [2.75, 3.05) is 9.80 Å². The molecule has 3 nitrogen and oxygen atoms in total. The lowest BCUT2D eigenvalue weighted by atomic mass is 9.76. The zero-order chi connectivity index (χ0) is 50.0. The van der Waals surface area contributed by atoms with E-state index in [0.717, 1.165) is 61.4 Å². The van der Waals surface area contributed by atoms with Gasteiger partial charge >= 0.3 is 0 Å². The number of hydrogen-bond donors (Lipinski definition) is 0. The lowest BCUT2D eigenvalue weighted by molar-refractivity contribution is 0.666. The van der Waals surface area contributed by atoms with Crippen molar-refractivity contribution in [3.8, 4) is 33.4 Å². The molecule has 1 heterocycles. The molecule has 1 aliphatic carbocycles. The molecule has 0 radical (unpaired) electrons. The van der Waals surface area contributed by atoms with E-state index in [0.29, 0.717) is 0 Å². The molecule has 0 saturated heterocycles. The van der Waals surface area contributed by atoms with E-state index in [1.165, 1.54) is 93.7 Å². The van der Waals surface area contributed by atoms with E-state index in [-0.39, 0.29) is 5.41 Å². The molecule has 0 aliphatic heterocycles. The van der Waals surface area contributed by atoms with Gasteiger partial charge in [0.1, 0.15) is 11.2 Å². The van der Waals surface area contributed by atoms with Crippen molar-refractivity contribution in [2.45, 2.75) is 47.0 Å². The number of benzene rings is 12. The van der Waals surface area contributed by atoms with Crippen molar-refractivity contribution in [3.63, 3.8) is 0 Å². The molecule has 354 valence electrons. The highest BCUT2D eigenvalue weighted by molar-refractivity contribution is 6.36. The van der Waals surface area contributed by atoms with Crippen LogP contribution < -0.4 is 9.80 Å². The Morgan fingerprint density at radius 3 is 1.27 bits per heavy atom. The molecular formula is C71H54N2O. The zero-order valence-corrected chi connectivity index (χ0v) is 42.6. The number of aryl methyl sites for hydroxylation is 4. The van der Waals surface area contributed by atoms with E-state index in [1.54, 1.807) is 0 Å². The van der Waals surface area contributed by atoms with Crippen LogP contribution in [0.5, 0.6) is 0 Å². The average Bonchev–Trinajstić information content (AvgIpc) is 3.91. The summed E-state index contributed by atoms with van der Waals surface area (Å²) in [6, 6.07) is 80.2. The van der Waals surface area contributed by atoms with Gasteiger partial charge < -0.3 is 14.2 Å². The minimum absolute atomic E-state index is 0.354. The minimum Gasteiger partial charge on any atom is -0.455 e. The fraction of sp³-hybridized carbons (Fsp3) is 0.0986. The summed E-state index contributed by atoms with van der Waals surface area (Å²) in [5.41, 5.74) is 23.4. The molecule has 13 aromatic rings. The Bertz CT molecular complexity index is 4240. The Morgan fingerprint density at radius 1 is 0.324 bits per heavy atom. The standard InChI is InChI=1S/C71H54N2O/c1-43-21-19-22-44(2)65(43)55-41-61-67-57(39-59-53-35-33-51(37-63(53)71(5,6)69(59)61)72(47-25-11-7-12-26-47)48-27-13-8-14-28-48)56(66-45(3)23-20-24-46(66)4)42-62-68(67)58(55)40-60-54-36-34-52(38-64(54)74-70(60)62)73(49-29-15-9-16-30-49)50-31-17-10-18-32-50/h7-42H,1-6H3. The number of nitrogens with zero attached hydrogens (tertiary/aromatic N) is 2. The number of anilines is 6. The lowest BCUT2D eigenvalue weighted by Gasteiger charge is -2.29. The van der Waals surface area contributed by atoms with Gasteiger partial charge in [0, 0.05) is 67.2 Å². The first kappa shape index (κ1) is 43.8. The van der Waals surface area contributed by atoms with Gasteiger partial charge in [0.25, 0.3) is 0 Å². The van der Waals surface area contributed by atoms with Crippen molar-refractivity contribution in [1.82, 2.24) is 0 Å². The van der Waals surface area contributed by atoms with Crippen LogP contribution in [0.1, 0.15) is 47.2 Å². The molecule has 74 heavy (non-hydrogen) atoms. The highest BCUT2D eigenvalue weighted by Crippen LogP contribution is 2.58. The van der Waals surface area contributed by atoms with Gasteiger partial charge in [-0.3, -0.25) is 0 Å². The van der Waals surface area contributed by atoms with Gasteiger partial charge in [0.15, 0.2) is 0 Å². The van der Waals surface area contributed by atoms with Gasteiger partial charge in [-0.1, -0.05) is 129 Å². The number of hydrogen-bond acceptors (Lipinski definition) is 3. The first-order valence-electron chi connectivity index (χ1n) is 25.9. The second-order valence-electron chi connectivity index (χ2n) is 21.0. The number of para-hydroxylation sites is 4. The van der Waals surface area contributed by atoms with E-state index in [1.807, 2.05) is 0 Å². The van der Waals surface area contributed by atoms with Crippen LogP contribution in [0, 0.1) is 27.7 Å². The third kappa shape index (κ3) is 6.52. The molecular weight excluding hydrogens is 897 g/mol. The van der Waals surface area contributed by atoms with Crippen molar-refractivity contribution in [3.05, 3.63) is 252 Å². The maximum Gasteiger partial charge on any atom is 0.143 e. The first-order valence-corrected chi connectivity index (χ1v) is 25.9. The van der Waals surface area contributed by atoms with Gasteiger partial charge in [-0.15, -0.1) is 0 Å². The fourth-order valence-electron chi connectivity index (χ4n) is 13.0. The predicted molar refractivity (Wildman–Crippen MR) is 314 cm³/mol. The summed E-state index contributed by atoms with van der Waals surface area (Å²) < 4.78 is 7.38. The monoisotopic (exact) mass is 950 g/mol. The van der Waals surface area contributed by atoms with Crippen LogP contribution in [0.15, 0.2) is 223 Å². The Kier molecular flexibility index (Phi) is 9.81. The predicted octanol–water partition coefficient (Wildman–Crippen LogP) is 20.3. The summed E-state index contributed by atoms with van der Waals surface area (Å²) >= 11 is 0. The van der Waals surface area contributed by atoms with Gasteiger partial charge in [0.2, 0.25) is 0 Å². The Balaban J connectivity index is 1.10. The van der Waals surface area contributed by atoms with E-state index in [9.17, 15) is 0 Å². The van der Waals surface area contributed by atoms with Crippen LogP contribution in [-0.4, -0.2) is 0 Å². The second kappa shape index (κ2) is 16.6. The molecule has 0 N–H and O–H groups in total. The van der Waals surface area contributed by atoms with Crippen molar-refractivity contribution in [2.24, 2.45) is 0 Å². The highest BCUT2D eigenvalue weighted by atomic mass is 16.3. The normalized spacial score (nSPS) is 12.8. The number of fused-ring (bicyclic) bond motifs is 8. The smallest absolute Gasteiger partial charge is 0.143 e. The number of furan rings is 1. The van der Waals surface area contributed by atoms with Gasteiger partial charge in [-0.05, 0) is 213 Å². The topological polar surface area (TPSA) is 19.6 Å². The molecule has 3 heteroatoms. The van der Waals surface area contributed by atoms with Crippen molar-refractivity contribution < 1.29 is 4.42 Å². The van der Waals surface area contributed by atoms with E-state index < -0.39 is 0 Å². The van der Waals surface area contributed by atoms with Crippen LogP contribution in [0.4, 0.5) is 34.1 Å². The molecule has 12 aromatic carbocycles. The molecule has 0 bridgehead atoms. The van der Waals surface area contributed by atoms with Crippen LogP contribution in [-0.2, 0) is 5.41 Å². The summed E-state index contributed by atoms with van der Waals surface area (Å²) in [5, 5.41) is 9.71. The molecule has 1 aliphatic rings. The third-order valence-corrected chi connectivity index (χ3v) is 16.2. The molecule has 14 rings (SSSR count). The third-order valence-electron chi connectivity index (χ3n) is 16.2. The van der Waals surface area contributed by atoms with E-state index in [4.69, 9.17) is 4.42 Å². The summed E-state index contributed by atoms with van der Waals surface area (Å²) in [6.07, 6.45) is 0. The van der Waals surface area contributed by atoms with Gasteiger partial charge in [0.05, 0.1) is 0 Å². The van der Waals surface area contributed by atoms with Crippen LogP contribution >= 0.6 is 0 Å². The zero-order valence-electron chi connectivity index (χ0n) is 42.6. The molecule has 0 amide bonds. The van der Waals surface area contributed by atoms with Crippen molar-refractivity contribution in [1.29, 1.82) is 0 Å². The van der Waals surface area contributed by atoms with Crippen LogP contribution in [0.2, 0.25) is 0 Å². The van der Waals surface area contributed by atoms with E-state index in [2.05, 4.69) is 270 Å². The quantitative estimate of drug-likeness (QED) is 0.142. The molecule has 0 saturated carbocycles. The molecule has 0 unspecified atom stereocenters. The summed E-state index contributed by atoms with van der Waals surface area (Å²) in [7, 11) is 0. The molecule has 1 aromatic heterocycles. The van der Waals surface area contributed by atoms with Crippen LogP contribution in [0.3, 0.4) is 0 Å². The molecule has 0 atom stereocenters. The SMILES string of the molecule is Cc1cccc(C)c1-c1cc2c3oc4cc(N(c5ccccc5)c5ccccc5)ccc4c3cc3c(-c4c(C)cccc4C)cc4c5c(cc1c4c32)-c1ccc(N(c2ccccc2)c2ccccc2)cc1C5(C)C. The summed E-state index contributed by atoms with van der Waals surface area (Å²) in [5.74, 6) is 0. The minimum atomic E-state index is -0.354. The summed E-state index contributed by atoms with van der Waals surface area (Å²) in [6.45, 7) is 14.0. The number of rotatable bonds is 8. The van der Waals surface area contributed by atoms with E-state index >= 15 is 0 Å². The Hall–Kier alpha value is -8.92. The Morgan fingerprint density at radius 2 is 0.757 bits per heavy atom. The molecule has 0 spiro atoms. The molecule has 0 fully saturated rings. The maximum atomic E-state index is 7.38. The van der Waals surface area contributed by atoms with Crippen molar-refractivity contribution >= 4 is 88.4 Å².